The Morgan fingerprint density at radius 3 is 2.56 bits per heavy atom. The van der Waals surface area contributed by atoms with Crippen molar-refractivity contribution in [3.05, 3.63) is 77.9 Å². The van der Waals surface area contributed by atoms with E-state index < -0.39 is 28.7 Å². The number of ether oxygens (including phenoxy) is 2. The Bertz CT molecular complexity index is 1350. The number of alkyl halides is 3. The number of hydrogen-bond acceptors (Lipinski definition) is 5. The molecule has 0 spiro atoms. The molecule has 0 bridgehead atoms. The summed E-state index contributed by atoms with van der Waals surface area (Å²) in [5.74, 6) is 5.19. The summed E-state index contributed by atoms with van der Waals surface area (Å²) in [6.45, 7) is 7.26. The lowest BCUT2D eigenvalue weighted by atomic mass is 9.55. The summed E-state index contributed by atoms with van der Waals surface area (Å²) >= 11 is 0. The Labute approximate surface area is 239 Å². The van der Waals surface area contributed by atoms with E-state index in [-0.39, 0.29) is 12.0 Å². The SMILES string of the molecule is C=CCN1CC[C@@]2(c3cccc(OC)c3)C[C@@H](N(C)C(=O)C#Cc3ccc(C(F)(F)F)cc3)CC[C@]2(OC(C)=O)C1. The number of likely N-dealkylation sites (tertiary alicyclic amines) is 1. The molecule has 4 rings (SSSR count). The van der Waals surface area contributed by atoms with Gasteiger partial charge >= 0.3 is 12.1 Å². The van der Waals surface area contributed by atoms with Crippen molar-refractivity contribution < 1.29 is 32.2 Å². The highest BCUT2D eigenvalue weighted by molar-refractivity contribution is 5.94. The van der Waals surface area contributed by atoms with E-state index in [2.05, 4.69) is 23.3 Å². The number of amides is 1. The van der Waals surface area contributed by atoms with Gasteiger partial charge in [-0.15, -0.1) is 6.58 Å². The molecule has 1 aliphatic heterocycles. The van der Waals surface area contributed by atoms with Gasteiger partial charge in [0.05, 0.1) is 12.7 Å². The molecule has 0 radical (unpaired) electrons. The zero-order valence-corrected chi connectivity index (χ0v) is 23.6. The molecule has 2 aromatic rings. The Balaban J connectivity index is 1.66. The van der Waals surface area contributed by atoms with Crippen LogP contribution in [0.5, 0.6) is 5.75 Å². The molecule has 0 N–H and O–H groups in total. The van der Waals surface area contributed by atoms with E-state index >= 15 is 0 Å². The summed E-state index contributed by atoms with van der Waals surface area (Å²) in [4.78, 5) is 29.5. The average Bonchev–Trinajstić information content (AvgIpc) is 2.94. The number of hydrogen-bond donors (Lipinski definition) is 0. The van der Waals surface area contributed by atoms with E-state index in [1.165, 1.54) is 19.1 Å². The molecular weight excluding hydrogens is 533 g/mol. The van der Waals surface area contributed by atoms with E-state index in [0.717, 1.165) is 24.2 Å². The standard InChI is InChI=1S/C32H35F3N2O4/c1-5-18-37-19-17-30(26-7-6-8-28(20-26)40-4)21-27(15-16-31(30,22-37)41-23(2)38)36(3)29(39)14-11-24-9-12-25(13-10-24)32(33,34)35/h5-10,12-13,20,27H,1,15-19,21-22H2,2-4H3/t27-,30-,31-/m0/s1. The van der Waals surface area contributed by atoms with Crippen molar-refractivity contribution in [1.82, 2.24) is 9.80 Å². The first-order chi connectivity index (χ1) is 19.4. The topological polar surface area (TPSA) is 59.1 Å². The molecule has 0 unspecified atom stereocenters. The van der Waals surface area contributed by atoms with Gasteiger partial charge in [-0.3, -0.25) is 14.5 Å². The van der Waals surface area contributed by atoms with E-state index in [1.54, 1.807) is 19.1 Å². The van der Waals surface area contributed by atoms with Crippen LogP contribution in [0.2, 0.25) is 0 Å². The first-order valence-electron chi connectivity index (χ1n) is 13.6. The number of methoxy groups -OCH3 is 1. The third-order valence-electron chi connectivity index (χ3n) is 8.41. The normalized spacial score (nSPS) is 24.3. The molecule has 6 nitrogen and oxygen atoms in total. The number of rotatable bonds is 6. The smallest absolute Gasteiger partial charge is 0.416 e. The fourth-order valence-corrected chi connectivity index (χ4v) is 6.37. The van der Waals surface area contributed by atoms with Crippen molar-refractivity contribution >= 4 is 11.9 Å². The summed E-state index contributed by atoms with van der Waals surface area (Å²) < 4.78 is 50.4. The van der Waals surface area contributed by atoms with Crippen LogP contribution in [-0.2, 0) is 25.9 Å². The molecule has 1 aliphatic carbocycles. The molecule has 218 valence electrons. The number of carbonyl (C=O) groups excluding carboxylic acids is 2. The molecule has 9 heteroatoms. The van der Waals surface area contributed by atoms with Crippen molar-refractivity contribution in [3.8, 4) is 17.6 Å². The monoisotopic (exact) mass is 568 g/mol. The van der Waals surface area contributed by atoms with Crippen molar-refractivity contribution in [2.45, 2.75) is 55.8 Å². The lowest BCUT2D eigenvalue weighted by Gasteiger charge is -2.60. The molecule has 0 aromatic heterocycles. The first kappa shape index (κ1) is 30.2. The minimum absolute atomic E-state index is 0.203. The van der Waals surface area contributed by atoms with Crippen LogP contribution in [0, 0.1) is 11.8 Å². The number of fused-ring (bicyclic) bond motifs is 1. The van der Waals surface area contributed by atoms with Gasteiger partial charge in [-0.05, 0) is 74.2 Å². The predicted molar refractivity (Wildman–Crippen MR) is 149 cm³/mol. The van der Waals surface area contributed by atoms with E-state index in [9.17, 15) is 22.8 Å². The molecule has 1 amide bonds. The molecular formula is C32H35F3N2O4. The average molecular weight is 569 g/mol. The molecule has 1 heterocycles. The van der Waals surface area contributed by atoms with Gasteiger partial charge in [0.2, 0.25) is 0 Å². The lowest BCUT2D eigenvalue weighted by Crippen LogP contribution is -2.68. The Morgan fingerprint density at radius 2 is 1.93 bits per heavy atom. The maximum absolute atomic E-state index is 13.2. The van der Waals surface area contributed by atoms with Crippen LogP contribution in [0.3, 0.4) is 0 Å². The minimum Gasteiger partial charge on any atom is -0.497 e. The highest BCUT2D eigenvalue weighted by atomic mass is 19.4. The van der Waals surface area contributed by atoms with Crippen molar-refractivity contribution in [2.75, 3.05) is 33.8 Å². The maximum atomic E-state index is 13.2. The van der Waals surface area contributed by atoms with E-state index in [0.29, 0.717) is 50.1 Å². The largest absolute Gasteiger partial charge is 0.497 e. The van der Waals surface area contributed by atoms with Crippen molar-refractivity contribution in [2.24, 2.45) is 0 Å². The number of piperidine rings is 1. The highest BCUT2D eigenvalue weighted by Crippen LogP contribution is 2.54. The quantitative estimate of drug-likeness (QED) is 0.272. The molecule has 2 fully saturated rings. The zero-order chi connectivity index (χ0) is 29.8. The lowest BCUT2D eigenvalue weighted by molar-refractivity contribution is -0.189. The van der Waals surface area contributed by atoms with Crippen molar-refractivity contribution in [1.29, 1.82) is 0 Å². The van der Waals surface area contributed by atoms with Crippen LogP contribution in [0.1, 0.15) is 49.3 Å². The third kappa shape index (κ3) is 6.28. The molecule has 1 saturated heterocycles. The van der Waals surface area contributed by atoms with Crippen LogP contribution in [0.4, 0.5) is 13.2 Å². The molecule has 1 saturated carbocycles. The Hall–Kier alpha value is -3.77. The summed E-state index contributed by atoms with van der Waals surface area (Å²) in [5, 5.41) is 0. The Morgan fingerprint density at radius 1 is 1.20 bits per heavy atom. The van der Waals surface area contributed by atoms with Crippen LogP contribution < -0.4 is 4.74 Å². The Kier molecular flexibility index (Phi) is 8.83. The molecule has 2 aliphatic rings. The van der Waals surface area contributed by atoms with Crippen LogP contribution in [-0.4, -0.2) is 67.1 Å². The van der Waals surface area contributed by atoms with Gasteiger partial charge in [0.25, 0.3) is 5.91 Å². The van der Waals surface area contributed by atoms with Gasteiger partial charge < -0.3 is 14.4 Å². The summed E-state index contributed by atoms with van der Waals surface area (Å²) in [6.07, 6.45) is -0.244. The highest BCUT2D eigenvalue weighted by Gasteiger charge is 2.61. The van der Waals surface area contributed by atoms with E-state index in [4.69, 9.17) is 9.47 Å². The number of esters is 1. The molecule has 3 atom stereocenters. The van der Waals surface area contributed by atoms with Crippen molar-refractivity contribution in [3.63, 3.8) is 0 Å². The third-order valence-corrected chi connectivity index (χ3v) is 8.41. The maximum Gasteiger partial charge on any atom is 0.416 e. The molecule has 41 heavy (non-hydrogen) atoms. The first-order valence-corrected chi connectivity index (χ1v) is 13.6. The number of carbonyl (C=O) groups is 2. The fraction of sp³-hybridized carbons (Fsp3) is 0.438. The van der Waals surface area contributed by atoms with Crippen LogP contribution >= 0.6 is 0 Å². The summed E-state index contributed by atoms with van der Waals surface area (Å²) in [7, 11) is 3.30. The van der Waals surface area contributed by atoms with Gasteiger partial charge in [0, 0.05) is 50.0 Å². The minimum atomic E-state index is -4.44. The molecule has 2 aromatic carbocycles. The number of halogens is 3. The summed E-state index contributed by atoms with van der Waals surface area (Å²) in [5.41, 5.74) is -0.883. The van der Waals surface area contributed by atoms with Crippen LogP contribution in [0.15, 0.2) is 61.2 Å². The van der Waals surface area contributed by atoms with Gasteiger partial charge in [0.15, 0.2) is 0 Å². The van der Waals surface area contributed by atoms with E-state index in [1.807, 2.05) is 30.3 Å². The van der Waals surface area contributed by atoms with Gasteiger partial charge in [0.1, 0.15) is 11.4 Å². The number of benzene rings is 2. The second-order valence-electron chi connectivity index (χ2n) is 10.8. The predicted octanol–water partition coefficient (Wildman–Crippen LogP) is 5.21. The van der Waals surface area contributed by atoms with Crippen LogP contribution in [0.25, 0.3) is 0 Å². The fourth-order valence-electron chi connectivity index (χ4n) is 6.37. The second kappa shape index (κ2) is 12.0. The number of nitrogens with zero attached hydrogens (tertiary/aromatic N) is 2. The zero-order valence-electron chi connectivity index (χ0n) is 23.6. The van der Waals surface area contributed by atoms with Gasteiger partial charge in [-0.1, -0.05) is 24.1 Å². The van der Waals surface area contributed by atoms with Gasteiger partial charge in [-0.25, -0.2) is 0 Å². The summed E-state index contributed by atoms with van der Waals surface area (Å²) in [6, 6.07) is 12.0. The second-order valence-corrected chi connectivity index (χ2v) is 10.8. The van der Waals surface area contributed by atoms with Gasteiger partial charge in [-0.2, -0.15) is 13.2 Å².